The van der Waals surface area contributed by atoms with Crippen LogP contribution in [0.2, 0.25) is 0 Å². The van der Waals surface area contributed by atoms with E-state index in [1.165, 1.54) is 27.8 Å². The highest BCUT2D eigenvalue weighted by atomic mass is 16.5. The van der Waals surface area contributed by atoms with Crippen molar-refractivity contribution in [1.82, 2.24) is 0 Å². The number of hydrogen-bond acceptors (Lipinski definition) is 2. The fraction of sp³-hybridized carbons (Fsp3) is 0.308. The molecule has 0 saturated carbocycles. The Morgan fingerprint density at radius 2 is 1.79 bits per heavy atom. The summed E-state index contributed by atoms with van der Waals surface area (Å²) in [6.07, 6.45) is 2.05. The molecule has 0 aromatic heterocycles. The minimum absolute atomic E-state index is 0.327. The van der Waals surface area contributed by atoms with Crippen LogP contribution in [0.15, 0.2) is 66.7 Å². The summed E-state index contributed by atoms with van der Waals surface area (Å²) in [7, 11) is 1.74. The van der Waals surface area contributed by atoms with Crippen LogP contribution in [0.4, 0.5) is 0 Å². The molecule has 3 aromatic rings. The van der Waals surface area contributed by atoms with Gasteiger partial charge in [-0.15, -0.1) is 0 Å². The molecular weight excluding hydrogens is 344 g/mol. The van der Waals surface area contributed by atoms with Crippen molar-refractivity contribution in [1.29, 1.82) is 0 Å². The van der Waals surface area contributed by atoms with Crippen molar-refractivity contribution in [2.75, 3.05) is 7.11 Å². The highest BCUT2D eigenvalue weighted by molar-refractivity contribution is 5.44. The van der Waals surface area contributed by atoms with Gasteiger partial charge in [-0.1, -0.05) is 55.0 Å². The molecule has 144 valence electrons. The third kappa shape index (κ3) is 3.64. The Bertz CT molecular complexity index is 958. The van der Waals surface area contributed by atoms with Gasteiger partial charge in [-0.05, 0) is 84.0 Å². The first-order valence-electron chi connectivity index (χ1n) is 10.1. The molecule has 4 rings (SSSR count). The number of fused-ring (bicyclic) bond motifs is 1. The predicted octanol–water partition coefficient (Wildman–Crippen LogP) is 6.01. The molecule has 0 aliphatic heterocycles. The summed E-state index contributed by atoms with van der Waals surface area (Å²) in [4.78, 5) is 0. The molecule has 28 heavy (non-hydrogen) atoms. The molecule has 0 amide bonds. The summed E-state index contributed by atoms with van der Waals surface area (Å²) in [6.45, 7) is 4.53. The largest absolute Gasteiger partial charge is 0.508 e. The lowest BCUT2D eigenvalue weighted by atomic mass is 9.66. The van der Waals surface area contributed by atoms with Crippen molar-refractivity contribution < 1.29 is 9.84 Å². The van der Waals surface area contributed by atoms with E-state index in [9.17, 15) is 5.11 Å². The molecule has 3 atom stereocenters. The van der Waals surface area contributed by atoms with Crippen LogP contribution in [-0.4, -0.2) is 12.2 Å². The van der Waals surface area contributed by atoms with Gasteiger partial charge in [-0.25, -0.2) is 0 Å². The van der Waals surface area contributed by atoms with E-state index in [0.717, 1.165) is 18.6 Å². The molecule has 0 spiro atoms. The van der Waals surface area contributed by atoms with Gasteiger partial charge in [-0.3, -0.25) is 0 Å². The Morgan fingerprint density at radius 3 is 2.50 bits per heavy atom. The molecule has 0 saturated heterocycles. The van der Waals surface area contributed by atoms with Crippen LogP contribution in [0.3, 0.4) is 0 Å². The van der Waals surface area contributed by atoms with Crippen LogP contribution >= 0.6 is 0 Å². The molecule has 0 bridgehead atoms. The average molecular weight is 373 g/mol. The number of phenols is 1. The smallest absolute Gasteiger partial charge is 0.119 e. The SMILES string of the molecule is COc1ccc2c(c1)C(Cc1cccc(C)c1)C(C)C(c1ccc(O)cc1)C2. The Morgan fingerprint density at radius 1 is 1.00 bits per heavy atom. The molecule has 3 unspecified atom stereocenters. The molecule has 2 nitrogen and oxygen atoms in total. The van der Waals surface area contributed by atoms with Gasteiger partial charge in [0.2, 0.25) is 0 Å². The Hall–Kier alpha value is -2.74. The van der Waals surface area contributed by atoms with E-state index >= 15 is 0 Å². The second-order valence-corrected chi connectivity index (χ2v) is 8.13. The summed E-state index contributed by atoms with van der Waals surface area (Å²) in [5.41, 5.74) is 6.83. The third-order valence-corrected chi connectivity index (χ3v) is 6.32. The van der Waals surface area contributed by atoms with E-state index in [1.54, 1.807) is 19.2 Å². The number of aryl methyl sites for hydroxylation is 1. The van der Waals surface area contributed by atoms with Gasteiger partial charge in [-0.2, -0.15) is 0 Å². The number of ether oxygens (including phenoxy) is 1. The van der Waals surface area contributed by atoms with Gasteiger partial charge in [0.1, 0.15) is 11.5 Å². The van der Waals surface area contributed by atoms with E-state index in [4.69, 9.17) is 4.74 Å². The molecule has 2 heteroatoms. The zero-order valence-corrected chi connectivity index (χ0v) is 16.9. The molecule has 0 heterocycles. The average Bonchev–Trinajstić information content (AvgIpc) is 2.70. The summed E-state index contributed by atoms with van der Waals surface area (Å²) in [5.74, 6) is 2.62. The Kier molecular flexibility index (Phi) is 5.13. The second-order valence-electron chi connectivity index (χ2n) is 8.13. The standard InChI is InChI=1S/C26H28O2/c1-17-5-4-6-19(13-17)14-25-18(2)24(20-7-10-22(27)11-8-20)15-21-9-12-23(28-3)16-26(21)25/h4-13,16,18,24-25,27H,14-15H2,1-3H3. The molecule has 1 aliphatic carbocycles. The summed E-state index contributed by atoms with van der Waals surface area (Å²) >= 11 is 0. The van der Waals surface area contributed by atoms with E-state index < -0.39 is 0 Å². The van der Waals surface area contributed by atoms with Crippen LogP contribution in [0.25, 0.3) is 0 Å². The van der Waals surface area contributed by atoms with Gasteiger partial charge < -0.3 is 9.84 Å². The van der Waals surface area contributed by atoms with Gasteiger partial charge in [0.25, 0.3) is 0 Å². The fourth-order valence-electron chi connectivity index (χ4n) is 4.75. The van der Waals surface area contributed by atoms with E-state index in [0.29, 0.717) is 23.5 Å². The summed E-state index contributed by atoms with van der Waals surface area (Å²) in [6, 6.07) is 23.2. The van der Waals surface area contributed by atoms with Crippen LogP contribution in [0.5, 0.6) is 11.5 Å². The minimum Gasteiger partial charge on any atom is -0.508 e. The van der Waals surface area contributed by atoms with E-state index in [2.05, 4.69) is 68.4 Å². The van der Waals surface area contributed by atoms with Crippen LogP contribution in [-0.2, 0) is 12.8 Å². The zero-order chi connectivity index (χ0) is 19.7. The maximum Gasteiger partial charge on any atom is 0.119 e. The van der Waals surface area contributed by atoms with Crippen LogP contribution in [0, 0.1) is 12.8 Å². The molecule has 1 aliphatic rings. The second kappa shape index (κ2) is 7.71. The first-order valence-corrected chi connectivity index (χ1v) is 10.1. The predicted molar refractivity (Wildman–Crippen MR) is 114 cm³/mol. The number of phenolic OH excluding ortho intramolecular Hbond substituents is 1. The monoisotopic (exact) mass is 372 g/mol. The highest BCUT2D eigenvalue weighted by Gasteiger charge is 2.35. The van der Waals surface area contributed by atoms with Gasteiger partial charge in [0, 0.05) is 0 Å². The van der Waals surface area contributed by atoms with Crippen molar-refractivity contribution in [3.63, 3.8) is 0 Å². The number of benzene rings is 3. The first kappa shape index (κ1) is 18.6. The van der Waals surface area contributed by atoms with Crippen molar-refractivity contribution >= 4 is 0 Å². The molecular formula is C26H28O2. The van der Waals surface area contributed by atoms with Crippen molar-refractivity contribution in [2.45, 2.75) is 38.5 Å². The highest BCUT2D eigenvalue weighted by Crippen LogP contribution is 2.46. The Labute approximate surface area is 167 Å². The molecule has 0 fully saturated rings. The van der Waals surface area contributed by atoms with E-state index in [1.807, 2.05) is 0 Å². The summed E-state index contributed by atoms with van der Waals surface area (Å²) in [5, 5.41) is 9.70. The first-order chi connectivity index (χ1) is 13.5. The molecule has 1 N–H and O–H groups in total. The maximum absolute atomic E-state index is 9.70. The van der Waals surface area contributed by atoms with Crippen molar-refractivity contribution in [2.24, 2.45) is 5.92 Å². The quantitative estimate of drug-likeness (QED) is 0.607. The number of aromatic hydroxyl groups is 1. The number of hydrogen-bond donors (Lipinski definition) is 1. The lowest BCUT2D eigenvalue weighted by Gasteiger charge is -2.38. The molecule has 0 radical (unpaired) electrons. The fourth-order valence-corrected chi connectivity index (χ4v) is 4.75. The third-order valence-electron chi connectivity index (χ3n) is 6.32. The summed E-state index contributed by atoms with van der Waals surface area (Å²) < 4.78 is 5.53. The molecule has 3 aromatic carbocycles. The van der Waals surface area contributed by atoms with Gasteiger partial charge in [0.05, 0.1) is 7.11 Å². The topological polar surface area (TPSA) is 29.5 Å². The van der Waals surface area contributed by atoms with Gasteiger partial charge >= 0.3 is 0 Å². The lowest BCUT2D eigenvalue weighted by Crippen LogP contribution is -2.28. The van der Waals surface area contributed by atoms with Crippen molar-refractivity contribution in [3.05, 3.63) is 94.5 Å². The number of rotatable bonds is 4. The minimum atomic E-state index is 0.327. The van der Waals surface area contributed by atoms with Crippen LogP contribution in [0.1, 0.15) is 46.6 Å². The normalized spacial score (nSPS) is 21.2. The van der Waals surface area contributed by atoms with E-state index in [-0.39, 0.29) is 0 Å². The Balaban J connectivity index is 1.75. The van der Waals surface area contributed by atoms with Crippen LogP contribution < -0.4 is 4.74 Å². The van der Waals surface area contributed by atoms with Gasteiger partial charge in [0.15, 0.2) is 0 Å². The lowest BCUT2D eigenvalue weighted by molar-refractivity contribution is 0.345. The number of methoxy groups -OCH3 is 1. The maximum atomic E-state index is 9.70. The zero-order valence-electron chi connectivity index (χ0n) is 16.9. The van der Waals surface area contributed by atoms with Crippen molar-refractivity contribution in [3.8, 4) is 11.5 Å².